The molecule has 0 aliphatic rings. The maximum Gasteiger partial charge on any atom is 0.229 e. The Morgan fingerprint density at radius 3 is 2.36 bits per heavy atom. The first-order valence-corrected chi connectivity index (χ1v) is 8.01. The molecule has 0 bridgehead atoms. The standard InChI is InChI=1S/C20H19N5/c1-13-4-9-18(15(3)14(13)2)24-19-10-11-22-20(25-19)23-17-7-5-16(12-21)6-8-17/h4-11H,1-3H3,(H2,22,23,24,25). The van der Waals surface area contributed by atoms with Crippen molar-refractivity contribution in [2.45, 2.75) is 20.8 Å². The van der Waals surface area contributed by atoms with E-state index in [1.165, 1.54) is 16.7 Å². The van der Waals surface area contributed by atoms with Gasteiger partial charge in [0.2, 0.25) is 5.95 Å². The second kappa shape index (κ2) is 7.02. The van der Waals surface area contributed by atoms with Crippen LogP contribution >= 0.6 is 0 Å². The van der Waals surface area contributed by atoms with Crippen LogP contribution in [0.5, 0.6) is 0 Å². The van der Waals surface area contributed by atoms with Crippen molar-refractivity contribution in [1.82, 2.24) is 9.97 Å². The first kappa shape index (κ1) is 16.5. The third kappa shape index (κ3) is 3.75. The lowest BCUT2D eigenvalue weighted by Crippen LogP contribution is -2.02. The molecule has 0 aliphatic heterocycles. The van der Waals surface area contributed by atoms with Gasteiger partial charge in [0.1, 0.15) is 5.82 Å². The third-order valence-corrected chi connectivity index (χ3v) is 4.25. The molecule has 3 aromatic rings. The van der Waals surface area contributed by atoms with Gasteiger partial charge in [-0.2, -0.15) is 10.2 Å². The molecule has 3 rings (SSSR count). The number of rotatable bonds is 4. The molecule has 0 unspecified atom stereocenters. The highest BCUT2D eigenvalue weighted by molar-refractivity contribution is 5.64. The van der Waals surface area contributed by atoms with E-state index in [-0.39, 0.29) is 0 Å². The van der Waals surface area contributed by atoms with Crippen LogP contribution in [0.3, 0.4) is 0 Å². The number of hydrogen-bond acceptors (Lipinski definition) is 5. The zero-order chi connectivity index (χ0) is 17.8. The van der Waals surface area contributed by atoms with Crippen molar-refractivity contribution in [3.8, 4) is 6.07 Å². The molecule has 25 heavy (non-hydrogen) atoms. The zero-order valence-electron chi connectivity index (χ0n) is 14.5. The summed E-state index contributed by atoms with van der Waals surface area (Å²) in [6.07, 6.45) is 1.71. The first-order chi connectivity index (χ1) is 12.1. The van der Waals surface area contributed by atoms with Crippen LogP contribution in [-0.4, -0.2) is 9.97 Å². The van der Waals surface area contributed by atoms with Crippen molar-refractivity contribution in [3.05, 3.63) is 70.9 Å². The number of aromatic nitrogens is 2. The van der Waals surface area contributed by atoms with Gasteiger partial charge in [0.15, 0.2) is 0 Å². The van der Waals surface area contributed by atoms with Crippen LogP contribution in [-0.2, 0) is 0 Å². The molecule has 0 atom stereocenters. The summed E-state index contributed by atoms with van der Waals surface area (Å²) in [4.78, 5) is 8.75. The summed E-state index contributed by atoms with van der Waals surface area (Å²) < 4.78 is 0. The maximum atomic E-state index is 8.85. The van der Waals surface area contributed by atoms with E-state index >= 15 is 0 Å². The van der Waals surface area contributed by atoms with Gasteiger partial charge in [-0.1, -0.05) is 6.07 Å². The molecule has 0 fully saturated rings. The van der Waals surface area contributed by atoms with E-state index in [9.17, 15) is 0 Å². The largest absolute Gasteiger partial charge is 0.340 e. The lowest BCUT2D eigenvalue weighted by Gasteiger charge is -2.13. The average Bonchev–Trinajstić information content (AvgIpc) is 2.63. The number of nitrogens with zero attached hydrogens (tertiary/aromatic N) is 3. The molecule has 0 radical (unpaired) electrons. The molecule has 2 N–H and O–H groups in total. The highest BCUT2D eigenvalue weighted by atomic mass is 15.1. The molecule has 2 aromatic carbocycles. The molecular formula is C20H19N5. The van der Waals surface area contributed by atoms with Crippen LogP contribution in [0, 0.1) is 32.1 Å². The average molecular weight is 329 g/mol. The van der Waals surface area contributed by atoms with E-state index in [2.05, 4.69) is 59.6 Å². The Morgan fingerprint density at radius 2 is 1.64 bits per heavy atom. The molecular weight excluding hydrogens is 310 g/mol. The van der Waals surface area contributed by atoms with Gasteiger partial charge in [0.25, 0.3) is 0 Å². The Bertz CT molecular complexity index is 939. The Morgan fingerprint density at radius 1 is 0.880 bits per heavy atom. The van der Waals surface area contributed by atoms with Crippen LogP contribution < -0.4 is 10.6 Å². The van der Waals surface area contributed by atoms with Gasteiger partial charge in [-0.3, -0.25) is 0 Å². The molecule has 0 saturated heterocycles. The van der Waals surface area contributed by atoms with Crippen molar-refractivity contribution < 1.29 is 0 Å². The van der Waals surface area contributed by atoms with E-state index in [4.69, 9.17) is 5.26 Å². The molecule has 5 nitrogen and oxygen atoms in total. The number of anilines is 4. The molecule has 5 heteroatoms. The third-order valence-electron chi connectivity index (χ3n) is 4.25. The molecule has 124 valence electrons. The lowest BCUT2D eigenvalue weighted by atomic mass is 10.0. The van der Waals surface area contributed by atoms with Gasteiger partial charge in [-0.05, 0) is 73.9 Å². The normalized spacial score (nSPS) is 10.2. The second-order valence-corrected chi connectivity index (χ2v) is 5.88. The Balaban J connectivity index is 1.79. The Labute approximate surface area is 147 Å². The summed E-state index contributed by atoms with van der Waals surface area (Å²) in [5, 5.41) is 15.3. The monoisotopic (exact) mass is 329 g/mol. The Kier molecular flexibility index (Phi) is 4.62. The Hall–Kier alpha value is -3.39. The highest BCUT2D eigenvalue weighted by Crippen LogP contribution is 2.25. The summed E-state index contributed by atoms with van der Waals surface area (Å²) in [7, 11) is 0. The van der Waals surface area contributed by atoms with Crippen LogP contribution in [0.4, 0.5) is 23.1 Å². The highest BCUT2D eigenvalue weighted by Gasteiger charge is 2.06. The molecule has 0 saturated carbocycles. The summed E-state index contributed by atoms with van der Waals surface area (Å²) in [5.74, 6) is 1.22. The number of nitrogens with one attached hydrogen (secondary N) is 2. The van der Waals surface area contributed by atoms with E-state index in [1.54, 1.807) is 18.3 Å². The summed E-state index contributed by atoms with van der Waals surface area (Å²) in [6.45, 7) is 6.33. The number of nitriles is 1. The van der Waals surface area contributed by atoms with Crippen molar-refractivity contribution in [3.63, 3.8) is 0 Å². The predicted molar refractivity (Wildman–Crippen MR) is 100 cm³/mol. The predicted octanol–water partition coefficient (Wildman–Crippen LogP) is 4.76. The smallest absolute Gasteiger partial charge is 0.229 e. The fourth-order valence-corrected chi connectivity index (χ4v) is 2.48. The van der Waals surface area contributed by atoms with Crippen LogP contribution in [0.25, 0.3) is 0 Å². The summed E-state index contributed by atoms with van der Waals surface area (Å²) >= 11 is 0. The number of hydrogen-bond donors (Lipinski definition) is 2. The fraction of sp³-hybridized carbons (Fsp3) is 0.150. The van der Waals surface area contributed by atoms with Crippen LogP contribution in [0.1, 0.15) is 22.3 Å². The number of aryl methyl sites for hydroxylation is 1. The van der Waals surface area contributed by atoms with Crippen molar-refractivity contribution in [2.75, 3.05) is 10.6 Å². The quantitative estimate of drug-likeness (QED) is 0.722. The van der Waals surface area contributed by atoms with Crippen molar-refractivity contribution >= 4 is 23.1 Å². The van der Waals surface area contributed by atoms with Crippen LogP contribution in [0.15, 0.2) is 48.7 Å². The van der Waals surface area contributed by atoms with Crippen LogP contribution in [0.2, 0.25) is 0 Å². The van der Waals surface area contributed by atoms with Gasteiger partial charge >= 0.3 is 0 Å². The van der Waals surface area contributed by atoms with E-state index in [1.807, 2.05) is 18.2 Å². The van der Waals surface area contributed by atoms with E-state index < -0.39 is 0 Å². The van der Waals surface area contributed by atoms with Gasteiger partial charge in [0, 0.05) is 17.6 Å². The summed E-state index contributed by atoms with van der Waals surface area (Å²) in [5.41, 5.74) is 6.24. The maximum absolute atomic E-state index is 8.85. The lowest BCUT2D eigenvalue weighted by molar-refractivity contribution is 1.16. The fourth-order valence-electron chi connectivity index (χ4n) is 2.48. The van der Waals surface area contributed by atoms with Crippen molar-refractivity contribution in [1.29, 1.82) is 5.26 Å². The van der Waals surface area contributed by atoms with Gasteiger partial charge in [-0.25, -0.2) is 4.98 Å². The van der Waals surface area contributed by atoms with Crippen molar-refractivity contribution in [2.24, 2.45) is 0 Å². The molecule has 1 heterocycles. The minimum atomic E-state index is 0.496. The number of benzene rings is 2. The first-order valence-electron chi connectivity index (χ1n) is 8.01. The molecule has 0 aliphatic carbocycles. The SMILES string of the molecule is Cc1ccc(Nc2ccnc(Nc3ccc(C#N)cc3)n2)c(C)c1C. The molecule has 1 aromatic heterocycles. The summed E-state index contributed by atoms with van der Waals surface area (Å²) in [6, 6.07) is 15.3. The van der Waals surface area contributed by atoms with E-state index in [0.717, 1.165) is 17.2 Å². The molecule has 0 spiro atoms. The topological polar surface area (TPSA) is 73.6 Å². The van der Waals surface area contributed by atoms with Gasteiger partial charge in [0.05, 0.1) is 11.6 Å². The van der Waals surface area contributed by atoms with Gasteiger partial charge < -0.3 is 10.6 Å². The minimum Gasteiger partial charge on any atom is -0.340 e. The molecule has 0 amide bonds. The van der Waals surface area contributed by atoms with E-state index in [0.29, 0.717) is 11.5 Å². The second-order valence-electron chi connectivity index (χ2n) is 5.88. The minimum absolute atomic E-state index is 0.496. The zero-order valence-corrected chi connectivity index (χ0v) is 14.5. The van der Waals surface area contributed by atoms with Gasteiger partial charge in [-0.15, -0.1) is 0 Å².